The number of rotatable bonds is 11. The molecule has 0 spiro atoms. The Morgan fingerprint density at radius 2 is 1.82 bits per heavy atom. The summed E-state index contributed by atoms with van der Waals surface area (Å²) in [4.78, 5) is 44.9. The molecule has 2 heterocycles. The molecule has 0 saturated carbocycles. The van der Waals surface area contributed by atoms with Crippen LogP contribution in [0.2, 0.25) is 0 Å². The predicted molar refractivity (Wildman–Crippen MR) is 140 cm³/mol. The Morgan fingerprint density at radius 1 is 1.18 bits per heavy atom. The molecule has 2 unspecified atom stereocenters. The highest BCUT2D eigenvalue weighted by atomic mass is 31.1. The summed E-state index contributed by atoms with van der Waals surface area (Å²) in [6.07, 6.45) is -3.72. The average molecular weight is 578 g/mol. The fraction of sp³-hybridized carbons (Fsp3) is 0.346. The first kappa shape index (κ1) is 29.4. The maximum atomic E-state index is 15.6. The molecule has 1 aromatic heterocycles. The molecule has 1 saturated heterocycles. The number of benzene rings is 2. The first-order valence-electron chi connectivity index (χ1n) is 12.3. The number of hydrogen-bond donors (Lipinski definition) is 2. The highest BCUT2D eigenvalue weighted by molar-refractivity contribution is 7.36. The summed E-state index contributed by atoms with van der Waals surface area (Å²) < 4.78 is 46.0. The molecule has 40 heavy (non-hydrogen) atoms. The molecule has 6 atom stereocenters. The first-order valence-corrected chi connectivity index (χ1v) is 13.6. The number of H-pyrrole nitrogens is 1. The van der Waals surface area contributed by atoms with E-state index in [1.54, 1.807) is 54.6 Å². The molecule has 12 nitrogen and oxygen atoms in total. The number of ether oxygens (including phenoxy) is 2. The summed E-state index contributed by atoms with van der Waals surface area (Å²) in [6, 6.07) is 16.9. The molecule has 0 amide bonds. The van der Waals surface area contributed by atoms with E-state index in [1.165, 1.54) is 6.92 Å². The number of aliphatic hydroxyl groups excluding tert-OH is 1. The second-order valence-corrected chi connectivity index (χ2v) is 10.4. The highest BCUT2D eigenvalue weighted by Crippen LogP contribution is 2.41. The number of carbonyl (C=O) groups is 1. The van der Waals surface area contributed by atoms with E-state index >= 15 is 4.39 Å². The average Bonchev–Trinajstić information content (AvgIpc) is 3.16. The van der Waals surface area contributed by atoms with E-state index < -0.39 is 62.2 Å². The normalized spacial score (nSPS) is 24.0. The van der Waals surface area contributed by atoms with E-state index in [4.69, 9.17) is 18.8 Å². The van der Waals surface area contributed by atoms with E-state index in [2.05, 4.69) is 0 Å². The van der Waals surface area contributed by atoms with Crippen LogP contribution in [0.25, 0.3) is 0 Å². The molecular formula is C26H29FN3O9P. The lowest BCUT2D eigenvalue weighted by Gasteiger charge is -2.27. The second-order valence-electron chi connectivity index (χ2n) is 9.21. The number of hydroxylamine groups is 1. The van der Waals surface area contributed by atoms with Crippen molar-refractivity contribution in [2.24, 2.45) is 0 Å². The van der Waals surface area contributed by atoms with Gasteiger partial charge in [-0.1, -0.05) is 53.4 Å². The van der Waals surface area contributed by atoms with Crippen LogP contribution in [0.1, 0.15) is 25.6 Å². The molecule has 3 aromatic rings. The Labute approximate surface area is 228 Å². The standard InChI is InChI=1S/C26H29FN3O9P/c1-17(23(33)36-15-18-9-5-3-6-10-18)30(40(35)39-19-11-7-4-8-12-19)37-16-20-22(32)26(2,27)24(38-20)29-14-13-21(31)28-25(29)34/h3-14,17,20,22,24,32,40H,15-16H2,1-2H3,(H,28,31,34)/t17?,20-,22-,24-,26-/m1/s1. The molecule has 214 valence electrons. The predicted octanol–water partition coefficient (Wildman–Crippen LogP) is 2.36. The molecule has 1 fully saturated rings. The van der Waals surface area contributed by atoms with Crippen molar-refractivity contribution in [3.05, 3.63) is 99.3 Å². The van der Waals surface area contributed by atoms with Crippen molar-refractivity contribution in [3.63, 3.8) is 0 Å². The number of esters is 1. The van der Waals surface area contributed by atoms with Gasteiger partial charge in [0.2, 0.25) is 0 Å². The third-order valence-corrected chi connectivity index (χ3v) is 7.53. The van der Waals surface area contributed by atoms with Gasteiger partial charge in [-0.2, -0.15) is 0 Å². The third-order valence-electron chi connectivity index (χ3n) is 6.24. The maximum absolute atomic E-state index is 15.6. The third kappa shape index (κ3) is 6.75. The van der Waals surface area contributed by atoms with Crippen molar-refractivity contribution in [2.45, 2.75) is 50.6 Å². The van der Waals surface area contributed by atoms with E-state index in [-0.39, 0.29) is 12.4 Å². The molecule has 14 heteroatoms. The summed E-state index contributed by atoms with van der Waals surface area (Å²) in [7, 11) is -3.28. The molecule has 2 aromatic carbocycles. The van der Waals surface area contributed by atoms with Gasteiger partial charge in [0, 0.05) is 12.3 Å². The summed E-state index contributed by atoms with van der Waals surface area (Å²) in [5.74, 6) is -0.532. The number of halogens is 1. The molecular weight excluding hydrogens is 548 g/mol. The zero-order valence-corrected chi connectivity index (χ0v) is 22.6. The zero-order chi connectivity index (χ0) is 28.9. The van der Waals surface area contributed by atoms with Gasteiger partial charge in [0.05, 0.1) is 6.61 Å². The minimum absolute atomic E-state index is 0.0431. The quantitative estimate of drug-likeness (QED) is 0.198. The molecule has 4 rings (SSSR count). The lowest BCUT2D eigenvalue weighted by Crippen LogP contribution is -2.44. The lowest BCUT2D eigenvalue weighted by molar-refractivity contribution is -0.181. The molecule has 1 aliphatic rings. The molecule has 0 aliphatic carbocycles. The highest BCUT2D eigenvalue weighted by Gasteiger charge is 2.55. The van der Waals surface area contributed by atoms with Gasteiger partial charge in [0.1, 0.15) is 30.6 Å². The summed E-state index contributed by atoms with van der Waals surface area (Å²) in [5.41, 5.74) is -3.37. The Bertz CT molecular complexity index is 1430. The molecule has 0 radical (unpaired) electrons. The number of aliphatic hydroxyl groups is 1. The van der Waals surface area contributed by atoms with Gasteiger partial charge in [0.15, 0.2) is 11.9 Å². The number of carbonyl (C=O) groups excluding carboxylic acids is 1. The number of para-hydroxylation sites is 1. The van der Waals surface area contributed by atoms with Gasteiger partial charge < -0.3 is 19.1 Å². The number of nitrogens with zero attached hydrogens (tertiary/aromatic N) is 2. The van der Waals surface area contributed by atoms with Gasteiger partial charge in [0.25, 0.3) is 5.56 Å². The fourth-order valence-corrected chi connectivity index (χ4v) is 5.05. The minimum atomic E-state index is -3.28. The van der Waals surface area contributed by atoms with Crippen LogP contribution in [0.3, 0.4) is 0 Å². The SMILES string of the molecule is CC(C(=O)OCc1ccccc1)N(OC[C@H]1O[C@@H](n2ccc(=O)[nH]c2=O)[C@](C)(F)[C@@H]1O)[PH](=O)Oc1ccccc1. The smallest absolute Gasteiger partial charge is 0.331 e. The molecule has 0 bridgehead atoms. The Hall–Kier alpha value is -3.61. The number of aromatic amines is 1. The van der Waals surface area contributed by atoms with Crippen LogP contribution in [0.4, 0.5) is 4.39 Å². The number of aromatic nitrogens is 2. The van der Waals surface area contributed by atoms with Crippen LogP contribution < -0.4 is 15.8 Å². The van der Waals surface area contributed by atoms with Crippen LogP contribution in [-0.2, 0) is 30.3 Å². The second kappa shape index (κ2) is 12.7. The van der Waals surface area contributed by atoms with Gasteiger partial charge in [-0.25, -0.2) is 9.18 Å². The van der Waals surface area contributed by atoms with Crippen LogP contribution in [0.5, 0.6) is 5.75 Å². The Balaban J connectivity index is 1.49. The zero-order valence-electron chi connectivity index (χ0n) is 21.6. The summed E-state index contributed by atoms with van der Waals surface area (Å²) >= 11 is 0. The molecule has 2 N–H and O–H groups in total. The Morgan fingerprint density at radius 3 is 2.48 bits per heavy atom. The number of nitrogens with one attached hydrogen (secondary N) is 1. The van der Waals surface area contributed by atoms with E-state index in [9.17, 15) is 24.1 Å². The minimum Gasteiger partial charge on any atom is -0.460 e. The number of hydrogen-bond acceptors (Lipinski definition) is 9. The van der Waals surface area contributed by atoms with Crippen molar-refractivity contribution in [2.75, 3.05) is 6.61 Å². The van der Waals surface area contributed by atoms with Gasteiger partial charge in [-0.3, -0.25) is 28.5 Å². The van der Waals surface area contributed by atoms with Crippen molar-refractivity contribution >= 4 is 14.1 Å². The topological polar surface area (TPSA) is 149 Å². The van der Waals surface area contributed by atoms with Crippen LogP contribution in [-0.4, -0.2) is 56.0 Å². The first-order chi connectivity index (χ1) is 19.1. The van der Waals surface area contributed by atoms with Crippen LogP contribution in [0, 0.1) is 0 Å². The fourth-order valence-electron chi connectivity index (χ4n) is 4.02. The van der Waals surface area contributed by atoms with Gasteiger partial charge in [-0.05, 0) is 31.5 Å². The largest absolute Gasteiger partial charge is 0.460 e. The van der Waals surface area contributed by atoms with Crippen LogP contribution in [0.15, 0.2) is 82.5 Å². The van der Waals surface area contributed by atoms with E-state index in [1.807, 2.05) is 11.1 Å². The maximum Gasteiger partial charge on any atom is 0.331 e. The summed E-state index contributed by atoms with van der Waals surface area (Å²) in [5, 5.41) is 10.7. The number of alkyl halides is 1. The van der Waals surface area contributed by atoms with Crippen molar-refractivity contribution in [1.29, 1.82) is 0 Å². The van der Waals surface area contributed by atoms with E-state index in [0.29, 0.717) is 0 Å². The van der Waals surface area contributed by atoms with Crippen molar-refractivity contribution in [3.8, 4) is 5.75 Å². The van der Waals surface area contributed by atoms with Gasteiger partial charge >= 0.3 is 19.8 Å². The van der Waals surface area contributed by atoms with Gasteiger partial charge in [-0.15, -0.1) is 0 Å². The lowest BCUT2D eigenvalue weighted by atomic mass is 9.98. The van der Waals surface area contributed by atoms with Crippen LogP contribution >= 0.6 is 8.18 Å². The molecule has 1 aliphatic heterocycles. The van der Waals surface area contributed by atoms with Crippen molar-refractivity contribution < 1.29 is 37.7 Å². The summed E-state index contributed by atoms with van der Waals surface area (Å²) in [6.45, 7) is 1.80. The Kier molecular flexibility index (Phi) is 9.33. The van der Waals surface area contributed by atoms with E-state index in [0.717, 1.165) is 34.2 Å². The van der Waals surface area contributed by atoms with Crippen molar-refractivity contribution in [1.82, 2.24) is 14.4 Å². The monoisotopic (exact) mass is 577 g/mol.